The van der Waals surface area contributed by atoms with E-state index in [1.54, 1.807) is 5.57 Å². The van der Waals surface area contributed by atoms with E-state index in [1.165, 1.54) is 57.8 Å². The van der Waals surface area contributed by atoms with Gasteiger partial charge in [-0.25, -0.2) is 0 Å². The SMILES string of the molecule is CCC1CCCC(C(NN)C2=CCCCC2)C1. The third-order valence-corrected chi connectivity index (χ3v) is 4.78. The Morgan fingerprint density at radius 2 is 2.24 bits per heavy atom. The van der Waals surface area contributed by atoms with Crippen molar-refractivity contribution in [2.45, 2.75) is 70.8 Å². The van der Waals surface area contributed by atoms with Crippen molar-refractivity contribution >= 4 is 0 Å². The first kappa shape index (κ1) is 13.1. The van der Waals surface area contributed by atoms with Gasteiger partial charge in [0.05, 0.1) is 0 Å². The fourth-order valence-electron chi connectivity index (χ4n) is 3.70. The molecular formula is C15H28N2. The molecule has 0 aromatic heterocycles. The normalized spacial score (nSPS) is 32.0. The van der Waals surface area contributed by atoms with Crippen LogP contribution in [0.3, 0.4) is 0 Å². The Bertz CT molecular complexity index is 260. The lowest BCUT2D eigenvalue weighted by Gasteiger charge is -2.36. The summed E-state index contributed by atoms with van der Waals surface area (Å²) in [5.41, 5.74) is 4.72. The van der Waals surface area contributed by atoms with Gasteiger partial charge in [-0.15, -0.1) is 0 Å². The lowest BCUT2D eigenvalue weighted by Crippen LogP contribution is -2.44. The largest absolute Gasteiger partial charge is 0.271 e. The molecule has 2 aliphatic rings. The molecule has 1 saturated carbocycles. The number of hydrogen-bond acceptors (Lipinski definition) is 2. The molecule has 0 saturated heterocycles. The second-order valence-corrected chi connectivity index (χ2v) is 5.87. The van der Waals surface area contributed by atoms with Crippen molar-refractivity contribution in [2.75, 3.05) is 0 Å². The summed E-state index contributed by atoms with van der Waals surface area (Å²) in [7, 11) is 0. The van der Waals surface area contributed by atoms with E-state index in [-0.39, 0.29) is 0 Å². The summed E-state index contributed by atoms with van der Waals surface area (Å²) >= 11 is 0. The first-order valence-electron chi connectivity index (χ1n) is 7.50. The van der Waals surface area contributed by atoms with Gasteiger partial charge in [0.1, 0.15) is 0 Å². The minimum absolute atomic E-state index is 0.463. The maximum atomic E-state index is 5.83. The number of hydrogen-bond donors (Lipinski definition) is 2. The molecule has 2 aliphatic carbocycles. The Hall–Kier alpha value is -0.340. The van der Waals surface area contributed by atoms with E-state index in [1.807, 2.05) is 0 Å². The van der Waals surface area contributed by atoms with E-state index in [2.05, 4.69) is 18.4 Å². The molecule has 0 bridgehead atoms. The van der Waals surface area contributed by atoms with Crippen LogP contribution in [0.15, 0.2) is 11.6 Å². The highest BCUT2D eigenvalue weighted by Crippen LogP contribution is 2.36. The van der Waals surface area contributed by atoms with Crippen LogP contribution in [0.5, 0.6) is 0 Å². The third kappa shape index (κ3) is 3.32. The molecule has 0 aliphatic heterocycles. The van der Waals surface area contributed by atoms with Crippen LogP contribution >= 0.6 is 0 Å². The number of hydrazine groups is 1. The van der Waals surface area contributed by atoms with Gasteiger partial charge in [-0.1, -0.05) is 37.8 Å². The van der Waals surface area contributed by atoms with Crippen LogP contribution in [0.2, 0.25) is 0 Å². The van der Waals surface area contributed by atoms with Gasteiger partial charge in [0.25, 0.3) is 0 Å². The second-order valence-electron chi connectivity index (χ2n) is 5.87. The highest BCUT2D eigenvalue weighted by Gasteiger charge is 2.29. The van der Waals surface area contributed by atoms with Crippen LogP contribution < -0.4 is 11.3 Å². The lowest BCUT2D eigenvalue weighted by molar-refractivity contribution is 0.221. The zero-order valence-electron chi connectivity index (χ0n) is 11.3. The van der Waals surface area contributed by atoms with Gasteiger partial charge in [-0.3, -0.25) is 11.3 Å². The third-order valence-electron chi connectivity index (χ3n) is 4.78. The summed E-state index contributed by atoms with van der Waals surface area (Å²) in [5.74, 6) is 7.55. The van der Waals surface area contributed by atoms with Crippen molar-refractivity contribution in [3.63, 3.8) is 0 Å². The molecule has 1 fully saturated rings. The van der Waals surface area contributed by atoms with Crippen molar-refractivity contribution in [3.8, 4) is 0 Å². The van der Waals surface area contributed by atoms with Gasteiger partial charge < -0.3 is 0 Å². The van der Waals surface area contributed by atoms with E-state index < -0.39 is 0 Å². The topological polar surface area (TPSA) is 38.0 Å². The number of nitrogens with one attached hydrogen (secondary N) is 1. The van der Waals surface area contributed by atoms with E-state index in [9.17, 15) is 0 Å². The van der Waals surface area contributed by atoms with Crippen molar-refractivity contribution in [3.05, 3.63) is 11.6 Å². The van der Waals surface area contributed by atoms with Crippen molar-refractivity contribution in [2.24, 2.45) is 17.7 Å². The molecule has 2 heteroatoms. The standard InChI is InChI=1S/C15H28N2/c1-2-12-7-6-10-14(11-12)15(17-16)13-8-4-3-5-9-13/h8,12,14-15,17H,2-7,9-11,16H2,1H3. The molecule has 98 valence electrons. The molecule has 3 unspecified atom stereocenters. The van der Waals surface area contributed by atoms with Gasteiger partial charge in [-0.2, -0.15) is 0 Å². The van der Waals surface area contributed by atoms with Gasteiger partial charge in [-0.05, 0) is 50.4 Å². The smallest absolute Gasteiger partial charge is 0.0448 e. The summed E-state index contributed by atoms with van der Waals surface area (Å²) in [6.07, 6.45) is 14.6. The highest BCUT2D eigenvalue weighted by atomic mass is 15.2. The summed E-state index contributed by atoms with van der Waals surface area (Å²) < 4.78 is 0. The van der Waals surface area contributed by atoms with E-state index >= 15 is 0 Å². The van der Waals surface area contributed by atoms with Gasteiger partial charge in [0.15, 0.2) is 0 Å². The van der Waals surface area contributed by atoms with E-state index in [4.69, 9.17) is 5.84 Å². The summed E-state index contributed by atoms with van der Waals surface area (Å²) in [6.45, 7) is 2.33. The van der Waals surface area contributed by atoms with E-state index in [0.717, 1.165) is 11.8 Å². The predicted octanol–water partition coefficient (Wildman–Crippen LogP) is 3.54. The van der Waals surface area contributed by atoms with Crippen LogP contribution in [-0.2, 0) is 0 Å². The fraction of sp³-hybridized carbons (Fsp3) is 0.867. The molecule has 0 aromatic rings. The number of nitrogens with two attached hydrogens (primary N) is 1. The monoisotopic (exact) mass is 236 g/mol. The predicted molar refractivity (Wildman–Crippen MR) is 73.4 cm³/mol. The molecular weight excluding hydrogens is 208 g/mol. The van der Waals surface area contributed by atoms with Crippen LogP contribution in [0.4, 0.5) is 0 Å². The Morgan fingerprint density at radius 3 is 2.88 bits per heavy atom. The molecule has 2 nitrogen and oxygen atoms in total. The summed E-state index contributed by atoms with van der Waals surface area (Å²) in [4.78, 5) is 0. The molecule has 0 aromatic carbocycles. The van der Waals surface area contributed by atoms with Gasteiger partial charge in [0, 0.05) is 6.04 Å². The van der Waals surface area contributed by atoms with Crippen LogP contribution in [0.1, 0.15) is 64.7 Å². The quantitative estimate of drug-likeness (QED) is 0.445. The molecule has 0 radical (unpaired) electrons. The fourth-order valence-corrected chi connectivity index (χ4v) is 3.70. The second kappa shape index (κ2) is 6.55. The van der Waals surface area contributed by atoms with Crippen molar-refractivity contribution in [1.82, 2.24) is 5.43 Å². The zero-order valence-corrected chi connectivity index (χ0v) is 11.3. The average Bonchev–Trinajstić information content (AvgIpc) is 2.41. The highest BCUT2D eigenvalue weighted by molar-refractivity contribution is 5.14. The molecule has 0 heterocycles. The first-order chi connectivity index (χ1) is 8.35. The number of allylic oxidation sites excluding steroid dienone is 1. The Kier molecular flexibility index (Phi) is 5.05. The van der Waals surface area contributed by atoms with Crippen LogP contribution in [0, 0.1) is 11.8 Å². The Morgan fingerprint density at radius 1 is 1.35 bits per heavy atom. The minimum Gasteiger partial charge on any atom is -0.271 e. The molecule has 3 atom stereocenters. The molecule has 0 spiro atoms. The Labute approximate surface area is 106 Å². The first-order valence-corrected chi connectivity index (χ1v) is 7.50. The molecule has 17 heavy (non-hydrogen) atoms. The summed E-state index contributed by atoms with van der Waals surface area (Å²) in [5, 5.41) is 0. The van der Waals surface area contributed by atoms with Crippen molar-refractivity contribution in [1.29, 1.82) is 0 Å². The van der Waals surface area contributed by atoms with Crippen LogP contribution in [0.25, 0.3) is 0 Å². The zero-order chi connectivity index (χ0) is 12.1. The molecule has 2 rings (SSSR count). The van der Waals surface area contributed by atoms with Crippen molar-refractivity contribution < 1.29 is 0 Å². The van der Waals surface area contributed by atoms with Crippen LogP contribution in [-0.4, -0.2) is 6.04 Å². The number of rotatable bonds is 4. The average molecular weight is 236 g/mol. The minimum atomic E-state index is 0.463. The summed E-state index contributed by atoms with van der Waals surface area (Å²) in [6, 6.07) is 0.463. The molecule has 0 amide bonds. The molecule has 3 N–H and O–H groups in total. The maximum absolute atomic E-state index is 5.83. The lowest BCUT2D eigenvalue weighted by atomic mass is 9.74. The Balaban J connectivity index is 1.99. The van der Waals surface area contributed by atoms with E-state index in [0.29, 0.717) is 6.04 Å². The maximum Gasteiger partial charge on any atom is 0.0448 e. The van der Waals surface area contributed by atoms with Gasteiger partial charge >= 0.3 is 0 Å². The van der Waals surface area contributed by atoms with Gasteiger partial charge in [0.2, 0.25) is 0 Å².